The van der Waals surface area contributed by atoms with Gasteiger partial charge in [-0.25, -0.2) is 4.98 Å². The van der Waals surface area contributed by atoms with Crippen molar-refractivity contribution >= 4 is 22.9 Å². The highest BCUT2D eigenvalue weighted by Gasteiger charge is 2.11. The molecule has 0 spiro atoms. The lowest BCUT2D eigenvalue weighted by molar-refractivity contribution is 0.102. The Hall–Kier alpha value is -2.86. The van der Waals surface area contributed by atoms with E-state index in [1.165, 1.54) is 0 Å². The van der Waals surface area contributed by atoms with Gasteiger partial charge in [-0.3, -0.25) is 4.79 Å². The Morgan fingerprint density at radius 3 is 2.74 bits per heavy atom. The normalized spacial score (nSPS) is 10.5. The lowest BCUT2D eigenvalue weighted by Gasteiger charge is -2.13. The second-order valence-corrected chi connectivity index (χ2v) is 7.12. The Labute approximate surface area is 163 Å². The zero-order chi connectivity index (χ0) is 19.2. The highest BCUT2D eigenvalue weighted by Crippen LogP contribution is 2.26. The van der Waals surface area contributed by atoms with Gasteiger partial charge in [0.25, 0.3) is 5.91 Å². The van der Waals surface area contributed by atoms with E-state index in [0.29, 0.717) is 36.0 Å². The molecule has 1 amide bonds. The summed E-state index contributed by atoms with van der Waals surface area (Å²) < 4.78 is 11.4. The van der Waals surface area contributed by atoms with Gasteiger partial charge in [-0.15, -0.1) is 11.3 Å². The van der Waals surface area contributed by atoms with E-state index in [1.807, 2.05) is 50.4 Å². The Bertz CT molecular complexity index is 937. The molecule has 0 atom stereocenters. The molecule has 0 radical (unpaired) electrons. The first-order chi connectivity index (χ1) is 13.0. The molecule has 0 aliphatic rings. The van der Waals surface area contributed by atoms with Crippen molar-refractivity contribution in [3.05, 3.63) is 69.7 Å². The van der Waals surface area contributed by atoms with Gasteiger partial charge in [0.1, 0.15) is 18.1 Å². The third-order valence-electron chi connectivity index (χ3n) is 3.83. The van der Waals surface area contributed by atoms with Crippen LogP contribution in [0, 0.1) is 13.8 Å². The molecular formula is C21H22N2O3S. The molecule has 6 heteroatoms. The number of aromatic nitrogens is 1. The number of anilines is 1. The van der Waals surface area contributed by atoms with Crippen LogP contribution in [0.1, 0.15) is 33.5 Å². The van der Waals surface area contributed by atoms with Crippen molar-refractivity contribution in [3.63, 3.8) is 0 Å². The van der Waals surface area contributed by atoms with E-state index in [4.69, 9.17) is 9.47 Å². The van der Waals surface area contributed by atoms with Crippen molar-refractivity contribution in [1.29, 1.82) is 0 Å². The van der Waals surface area contributed by atoms with Crippen LogP contribution in [0.25, 0.3) is 0 Å². The first kappa shape index (κ1) is 18.9. The van der Waals surface area contributed by atoms with Gasteiger partial charge in [-0.05, 0) is 56.7 Å². The molecule has 0 aliphatic heterocycles. The number of thiazole rings is 1. The average molecular weight is 382 g/mol. The molecule has 0 saturated carbocycles. The number of hydrogen-bond donors (Lipinski definition) is 1. The Balaban J connectivity index is 1.70. The number of aryl methyl sites for hydroxylation is 2. The van der Waals surface area contributed by atoms with Crippen LogP contribution in [0.15, 0.2) is 47.8 Å². The summed E-state index contributed by atoms with van der Waals surface area (Å²) in [6.45, 7) is 6.77. The van der Waals surface area contributed by atoms with Crippen molar-refractivity contribution in [2.75, 3.05) is 11.9 Å². The van der Waals surface area contributed by atoms with Gasteiger partial charge >= 0.3 is 0 Å². The van der Waals surface area contributed by atoms with Crippen molar-refractivity contribution in [2.24, 2.45) is 0 Å². The van der Waals surface area contributed by atoms with E-state index in [-0.39, 0.29) is 5.91 Å². The van der Waals surface area contributed by atoms with Gasteiger partial charge in [-0.1, -0.05) is 12.1 Å². The molecule has 1 aromatic heterocycles. The second kappa shape index (κ2) is 8.68. The highest BCUT2D eigenvalue weighted by molar-refractivity contribution is 7.09. The lowest BCUT2D eigenvalue weighted by Crippen LogP contribution is -2.13. The molecule has 0 unspecified atom stereocenters. The van der Waals surface area contributed by atoms with Crippen molar-refractivity contribution in [1.82, 2.24) is 4.98 Å². The van der Waals surface area contributed by atoms with Crippen LogP contribution in [-0.4, -0.2) is 17.5 Å². The molecule has 0 aliphatic carbocycles. The molecule has 3 aromatic rings. The zero-order valence-corrected chi connectivity index (χ0v) is 16.4. The van der Waals surface area contributed by atoms with Crippen molar-refractivity contribution in [2.45, 2.75) is 27.4 Å². The maximum absolute atomic E-state index is 12.7. The van der Waals surface area contributed by atoms with Gasteiger partial charge < -0.3 is 14.8 Å². The van der Waals surface area contributed by atoms with Crippen LogP contribution in [0.3, 0.4) is 0 Å². The first-order valence-electron chi connectivity index (χ1n) is 8.74. The fraction of sp³-hybridized carbons (Fsp3) is 0.238. The molecule has 2 aromatic carbocycles. The maximum Gasteiger partial charge on any atom is 0.255 e. The van der Waals surface area contributed by atoms with E-state index in [2.05, 4.69) is 10.3 Å². The summed E-state index contributed by atoms with van der Waals surface area (Å²) in [6.07, 6.45) is 0. The second-order valence-electron chi connectivity index (χ2n) is 6.06. The van der Waals surface area contributed by atoms with E-state index in [1.54, 1.807) is 29.5 Å². The predicted molar refractivity (Wildman–Crippen MR) is 108 cm³/mol. The number of hydrogen-bond acceptors (Lipinski definition) is 5. The molecule has 27 heavy (non-hydrogen) atoms. The number of ether oxygens (including phenoxy) is 2. The quantitative estimate of drug-likeness (QED) is 0.625. The molecule has 5 nitrogen and oxygen atoms in total. The van der Waals surface area contributed by atoms with Gasteiger partial charge in [0, 0.05) is 10.9 Å². The molecule has 0 saturated heterocycles. The number of rotatable bonds is 7. The summed E-state index contributed by atoms with van der Waals surface area (Å²) in [6, 6.07) is 12.8. The van der Waals surface area contributed by atoms with Crippen LogP contribution < -0.4 is 14.8 Å². The molecule has 140 valence electrons. The highest BCUT2D eigenvalue weighted by atomic mass is 32.1. The summed E-state index contributed by atoms with van der Waals surface area (Å²) in [5.74, 6) is 1.08. The topological polar surface area (TPSA) is 60.5 Å². The molecule has 1 heterocycles. The fourth-order valence-electron chi connectivity index (χ4n) is 2.56. The maximum atomic E-state index is 12.7. The molecule has 0 bridgehead atoms. The van der Waals surface area contributed by atoms with Crippen LogP contribution >= 0.6 is 11.3 Å². The fourth-order valence-corrected chi connectivity index (χ4v) is 3.16. The Morgan fingerprint density at radius 2 is 2.00 bits per heavy atom. The molecule has 3 rings (SSSR count). The minimum absolute atomic E-state index is 0.213. The van der Waals surface area contributed by atoms with Crippen molar-refractivity contribution < 1.29 is 14.3 Å². The van der Waals surface area contributed by atoms with Gasteiger partial charge in [0.2, 0.25) is 0 Å². The van der Waals surface area contributed by atoms with E-state index >= 15 is 0 Å². The average Bonchev–Trinajstić information content (AvgIpc) is 3.08. The van der Waals surface area contributed by atoms with Gasteiger partial charge in [-0.2, -0.15) is 0 Å². The van der Waals surface area contributed by atoms with Crippen LogP contribution in [0.4, 0.5) is 5.69 Å². The van der Waals surface area contributed by atoms with Crippen LogP contribution in [0.2, 0.25) is 0 Å². The minimum Gasteiger partial charge on any atom is -0.492 e. The van der Waals surface area contributed by atoms with Crippen molar-refractivity contribution in [3.8, 4) is 11.5 Å². The third kappa shape index (κ3) is 5.08. The summed E-state index contributed by atoms with van der Waals surface area (Å²) in [5, 5.41) is 5.89. The van der Waals surface area contributed by atoms with Crippen LogP contribution in [0.5, 0.6) is 11.5 Å². The summed E-state index contributed by atoms with van der Waals surface area (Å²) in [4.78, 5) is 17.0. The lowest BCUT2D eigenvalue weighted by atomic mass is 10.1. The number of amides is 1. The van der Waals surface area contributed by atoms with Gasteiger partial charge in [0.15, 0.2) is 0 Å². The summed E-state index contributed by atoms with van der Waals surface area (Å²) >= 11 is 1.59. The standard InChI is InChI=1S/C21H22N2O3S/c1-4-25-20-10-14(2)8-9-19(20)23-21(24)16-6-5-7-18(11-16)26-12-17-13-27-15(3)22-17/h5-11,13H,4,12H2,1-3H3,(H,23,24). The van der Waals surface area contributed by atoms with Crippen LogP contribution in [-0.2, 0) is 6.61 Å². The smallest absolute Gasteiger partial charge is 0.255 e. The Morgan fingerprint density at radius 1 is 1.15 bits per heavy atom. The monoisotopic (exact) mass is 382 g/mol. The summed E-state index contributed by atoms with van der Waals surface area (Å²) in [7, 11) is 0. The number of benzene rings is 2. The largest absolute Gasteiger partial charge is 0.492 e. The summed E-state index contributed by atoms with van der Waals surface area (Å²) in [5.41, 5.74) is 3.12. The number of carbonyl (C=O) groups excluding carboxylic acids is 1. The number of nitrogens with one attached hydrogen (secondary N) is 1. The Kier molecular flexibility index (Phi) is 6.08. The third-order valence-corrected chi connectivity index (χ3v) is 4.66. The molecule has 1 N–H and O–H groups in total. The van der Waals surface area contributed by atoms with E-state index in [0.717, 1.165) is 16.3 Å². The molecule has 0 fully saturated rings. The zero-order valence-electron chi connectivity index (χ0n) is 15.6. The number of nitrogens with zero attached hydrogens (tertiary/aromatic N) is 1. The van der Waals surface area contributed by atoms with Gasteiger partial charge in [0.05, 0.1) is 23.0 Å². The number of carbonyl (C=O) groups is 1. The molecular weight excluding hydrogens is 360 g/mol. The minimum atomic E-state index is -0.213. The predicted octanol–water partition coefficient (Wildman–Crippen LogP) is 4.99. The first-order valence-corrected chi connectivity index (χ1v) is 9.62. The van der Waals surface area contributed by atoms with E-state index in [9.17, 15) is 4.79 Å². The van der Waals surface area contributed by atoms with E-state index < -0.39 is 0 Å². The SMILES string of the molecule is CCOc1cc(C)ccc1NC(=O)c1cccc(OCc2csc(C)n2)c1.